The molecule has 0 fully saturated rings. The van der Waals surface area contributed by atoms with Crippen molar-refractivity contribution in [1.29, 1.82) is 0 Å². The lowest BCUT2D eigenvalue weighted by atomic mass is 10.2. The molecule has 0 aliphatic carbocycles. The minimum atomic E-state index is -0.756. The molecule has 3 aromatic heterocycles. The van der Waals surface area contributed by atoms with Gasteiger partial charge in [0.2, 0.25) is 0 Å². The first-order valence-corrected chi connectivity index (χ1v) is 9.14. The zero-order chi connectivity index (χ0) is 19.3. The molecule has 0 aliphatic heterocycles. The van der Waals surface area contributed by atoms with Gasteiger partial charge >= 0.3 is 11.8 Å². The lowest BCUT2D eigenvalue weighted by Crippen LogP contribution is -2.34. The van der Waals surface area contributed by atoms with Crippen molar-refractivity contribution < 1.29 is 9.53 Å². The van der Waals surface area contributed by atoms with Gasteiger partial charge in [-0.05, 0) is 67.0 Å². The number of nitrogens with zero attached hydrogens (tertiary/aromatic N) is 3. The van der Waals surface area contributed by atoms with Crippen molar-refractivity contribution in [2.45, 2.75) is 26.4 Å². The van der Waals surface area contributed by atoms with E-state index < -0.39 is 17.4 Å². The lowest BCUT2D eigenvalue weighted by molar-refractivity contribution is 0.0537. The van der Waals surface area contributed by atoms with Crippen LogP contribution in [-0.2, 0) is 4.74 Å². The Morgan fingerprint density at radius 3 is 2.74 bits per heavy atom. The number of pyridine rings is 1. The minimum absolute atomic E-state index is 0.242. The standard InChI is InChI=1S/C19H17BrN4O3/c1-19(2,3)27-18(26)24-16-15(9-12(20)10-22-16)23(17(24)25)13-4-5-14-11(8-13)6-7-21-14/h4-10,21H,1-3H3. The second-order valence-corrected chi connectivity index (χ2v) is 8.09. The molecule has 0 unspecified atom stereocenters. The molecule has 0 saturated carbocycles. The second kappa shape index (κ2) is 6.09. The molecule has 1 aromatic carbocycles. The molecule has 27 heavy (non-hydrogen) atoms. The van der Waals surface area contributed by atoms with E-state index in [4.69, 9.17) is 4.74 Å². The van der Waals surface area contributed by atoms with Gasteiger partial charge in [0.05, 0.1) is 11.2 Å². The van der Waals surface area contributed by atoms with Crippen molar-refractivity contribution in [3.8, 4) is 5.69 Å². The van der Waals surface area contributed by atoms with Gasteiger partial charge in [0.15, 0.2) is 5.65 Å². The molecular formula is C19H17BrN4O3. The van der Waals surface area contributed by atoms with E-state index in [0.29, 0.717) is 15.7 Å². The van der Waals surface area contributed by atoms with Crippen molar-refractivity contribution in [2.75, 3.05) is 0 Å². The van der Waals surface area contributed by atoms with Gasteiger partial charge in [-0.3, -0.25) is 4.57 Å². The van der Waals surface area contributed by atoms with E-state index in [1.54, 1.807) is 33.0 Å². The number of ether oxygens (including phenoxy) is 1. The summed E-state index contributed by atoms with van der Waals surface area (Å²) in [5.41, 5.74) is 1.09. The highest BCUT2D eigenvalue weighted by molar-refractivity contribution is 9.10. The highest BCUT2D eigenvalue weighted by Gasteiger charge is 2.25. The predicted octanol–water partition coefficient (Wildman–Crippen LogP) is 4.21. The van der Waals surface area contributed by atoms with E-state index in [1.807, 2.05) is 30.5 Å². The fourth-order valence-corrected chi connectivity index (χ4v) is 3.27. The monoisotopic (exact) mass is 428 g/mol. The van der Waals surface area contributed by atoms with Crippen LogP contribution in [-0.4, -0.2) is 30.8 Å². The zero-order valence-electron chi connectivity index (χ0n) is 15.0. The maximum Gasteiger partial charge on any atom is 0.424 e. The average molecular weight is 429 g/mol. The first-order valence-electron chi connectivity index (χ1n) is 8.34. The number of benzene rings is 1. The molecule has 3 heterocycles. The Morgan fingerprint density at radius 2 is 2.00 bits per heavy atom. The summed E-state index contributed by atoms with van der Waals surface area (Å²) < 4.78 is 8.53. The molecule has 1 N–H and O–H groups in total. The summed E-state index contributed by atoms with van der Waals surface area (Å²) in [7, 11) is 0. The van der Waals surface area contributed by atoms with Crippen LogP contribution in [0.4, 0.5) is 4.79 Å². The van der Waals surface area contributed by atoms with Gasteiger partial charge in [0.1, 0.15) is 5.60 Å². The molecule has 0 bridgehead atoms. The van der Waals surface area contributed by atoms with Gasteiger partial charge in [-0.1, -0.05) is 0 Å². The van der Waals surface area contributed by atoms with Crippen LogP contribution >= 0.6 is 15.9 Å². The number of halogens is 1. The van der Waals surface area contributed by atoms with E-state index in [-0.39, 0.29) is 5.65 Å². The summed E-state index contributed by atoms with van der Waals surface area (Å²) in [4.78, 5) is 33.2. The van der Waals surface area contributed by atoms with Crippen molar-refractivity contribution >= 4 is 44.1 Å². The SMILES string of the molecule is CC(C)(C)OC(=O)n1c(=O)n(-c2ccc3[nH]ccc3c2)c2cc(Br)cnc21. The summed E-state index contributed by atoms with van der Waals surface area (Å²) >= 11 is 3.38. The minimum Gasteiger partial charge on any atom is -0.443 e. The van der Waals surface area contributed by atoms with Gasteiger partial charge in [0.25, 0.3) is 0 Å². The van der Waals surface area contributed by atoms with E-state index in [2.05, 4.69) is 25.9 Å². The Balaban J connectivity index is 2.00. The van der Waals surface area contributed by atoms with Crippen LogP contribution in [0.3, 0.4) is 0 Å². The number of fused-ring (bicyclic) bond motifs is 2. The van der Waals surface area contributed by atoms with Crippen LogP contribution in [0.15, 0.2) is 52.0 Å². The average Bonchev–Trinajstić information content (AvgIpc) is 3.13. The summed E-state index contributed by atoms with van der Waals surface area (Å²) in [5, 5.41) is 0.959. The number of hydrogen-bond donors (Lipinski definition) is 1. The predicted molar refractivity (Wildman–Crippen MR) is 107 cm³/mol. The Morgan fingerprint density at radius 1 is 1.22 bits per heavy atom. The number of carbonyl (C=O) groups excluding carboxylic acids is 1. The quantitative estimate of drug-likeness (QED) is 0.492. The fraction of sp³-hybridized carbons (Fsp3) is 0.211. The first kappa shape index (κ1) is 17.5. The summed E-state index contributed by atoms with van der Waals surface area (Å²) in [5.74, 6) is 0. The van der Waals surface area contributed by atoms with E-state index in [9.17, 15) is 9.59 Å². The van der Waals surface area contributed by atoms with Gasteiger partial charge in [-0.15, -0.1) is 0 Å². The van der Waals surface area contributed by atoms with Crippen molar-refractivity contribution in [1.82, 2.24) is 19.1 Å². The molecule has 0 spiro atoms. The maximum absolute atomic E-state index is 13.2. The van der Waals surface area contributed by atoms with Gasteiger partial charge in [-0.2, -0.15) is 4.57 Å². The molecule has 8 heteroatoms. The smallest absolute Gasteiger partial charge is 0.424 e. The molecule has 4 aromatic rings. The molecule has 0 aliphatic rings. The largest absolute Gasteiger partial charge is 0.443 e. The third-order valence-corrected chi connectivity index (χ3v) is 4.45. The molecule has 0 amide bonds. The number of nitrogens with one attached hydrogen (secondary N) is 1. The molecule has 4 rings (SSSR count). The highest BCUT2D eigenvalue weighted by atomic mass is 79.9. The van der Waals surface area contributed by atoms with E-state index in [0.717, 1.165) is 15.5 Å². The van der Waals surface area contributed by atoms with Gasteiger partial charge < -0.3 is 9.72 Å². The molecule has 138 valence electrons. The normalized spacial score (nSPS) is 12.0. The van der Waals surface area contributed by atoms with Crippen molar-refractivity contribution in [2.24, 2.45) is 0 Å². The Bertz CT molecular complexity index is 1240. The van der Waals surface area contributed by atoms with E-state index in [1.165, 1.54) is 4.57 Å². The van der Waals surface area contributed by atoms with Gasteiger partial charge in [-0.25, -0.2) is 14.6 Å². The Labute approximate surface area is 162 Å². The fourth-order valence-electron chi connectivity index (χ4n) is 2.95. The van der Waals surface area contributed by atoms with Crippen LogP contribution < -0.4 is 5.69 Å². The number of imidazole rings is 1. The second-order valence-electron chi connectivity index (χ2n) is 7.18. The lowest BCUT2D eigenvalue weighted by Gasteiger charge is -2.19. The number of aromatic amines is 1. The molecule has 0 atom stereocenters. The topological polar surface area (TPSA) is 81.9 Å². The third-order valence-electron chi connectivity index (χ3n) is 4.02. The van der Waals surface area contributed by atoms with Crippen LogP contribution in [0.25, 0.3) is 27.8 Å². The summed E-state index contributed by atoms with van der Waals surface area (Å²) in [6, 6.07) is 9.27. The van der Waals surface area contributed by atoms with Crippen molar-refractivity contribution in [3.63, 3.8) is 0 Å². The van der Waals surface area contributed by atoms with Crippen LogP contribution in [0, 0.1) is 0 Å². The molecular weight excluding hydrogens is 412 g/mol. The first-order chi connectivity index (χ1) is 12.7. The summed E-state index contributed by atoms with van der Waals surface area (Å²) in [6.45, 7) is 5.25. The Hall–Kier alpha value is -2.87. The molecule has 0 radical (unpaired) electrons. The third kappa shape index (κ3) is 3.06. The van der Waals surface area contributed by atoms with Gasteiger partial charge in [0, 0.05) is 27.8 Å². The highest BCUT2D eigenvalue weighted by Crippen LogP contribution is 2.23. The van der Waals surface area contributed by atoms with Crippen LogP contribution in [0.5, 0.6) is 0 Å². The maximum atomic E-state index is 13.2. The van der Waals surface area contributed by atoms with E-state index >= 15 is 0 Å². The number of hydrogen-bond acceptors (Lipinski definition) is 4. The van der Waals surface area contributed by atoms with Crippen LogP contribution in [0.1, 0.15) is 20.8 Å². The number of rotatable bonds is 1. The number of aromatic nitrogens is 4. The summed E-state index contributed by atoms with van der Waals surface area (Å²) in [6.07, 6.45) is 2.62. The number of carbonyl (C=O) groups is 1. The number of H-pyrrole nitrogens is 1. The van der Waals surface area contributed by atoms with Crippen LogP contribution in [0.2, 0.25) is 0 Å². The molecule has 0 saturated heterocycles. The Kier molecular flexibility index (Phi) is 3.96. The molecule has 7 nitrogen and oxygen atoms in total. The van der Waals surface area contributed by atoms with Crippen molar-refractivity contribution in [3.05, 3.63) is 57.7 Å². The zero-order valence-corrected chi connectivity index (χ0v) is 16.6.